The fourth-order valence-electron chi connectivity index (χ4n) is 0.309. The van der Waals surface area contributed by atoms with Crippen molar-refractivity contribution in [2.24, 2.45) is 0 Å². The molecule has 0 aromatic rings. The summed E-state index contributed by atoms with van der Waals surface area (Å²) in [6.07, 6.45) is 2.13. The van der Waals surface area contributed by atoms with Gasteiger partial charge in [-0.15, -0.1) is 0 Å². The fraction of sp³-hybridized carbons (Fsp3) is 0.800. The van der Waals surface area contributed by atoms with Gasteiger partial charge in [-0.25, -0.2) is 0 Å². The van der Waals surface area contributed by atoms with E-state index in [1.807, 2.05) is 0 Å². The number of unbranched alkanes of at least 4 members (excludes halogenated alkanes) is 1. The highest BCUT2D eigenvalue weighted by molar-refractivity contribution is 8.13. The number of nitrogens with one attached hydrogen (secondary N) is 1. The van der Waals surface area contributed by atoms with Gasteiger partial charge < -0.3 is 0 Å². The van der Waals surface area contributed by atoms with Crippen LogP contribution in [0.3, 0.4) is 0 Å². The summed E-state index contributed by atoms with van der Waals surface area (Å²) in [6, 6.07) is 0. The summed E-state index contributed by atoms with van der Waals surface area (Å²) in [5, 5.41) is -0.515. The summed E-state index contributed by atoms with van der Waals surface area (Å²) in [5.41, 5.74) is 6.48. The number of hydrogen-bond donors (Lipinski definition) is 0. The Balaban J connectivity index is 2.82. The molecular weight excluding hydrogens is 122 g/mol. The van der Waals surface area contributed by atoms with Crippen molar-refractivity contribution in [3.8, 4) is 0 Å². The lowest BCUT2D eigenvalue weighted by Crippen LogP contribution is -1.88. The summed E-state index contributed by atoms with van der Waals surface area (Å²) >= 11 is 1.08. The predicted octanol–water partition coefficient (Wildman–Crippen LogP) is 1.92. The monoisotopic (exact) mass is 132 g/mol. The summed E-state index contributed by atoms with van der Waals surface area (Å²) in [7, 11) is 0. The second kappa shape index (κ2) is 4.97. The van der Waals surface area contributed by atoms with Gasteiger partial charge in [0.2, 0.25) is 0 Å². The van der Waals surface area contributed by atoms with Crippen molar-refractivity contribution < 1.29 is 4.79 Å². The van der Waals surface area contributed by atoms with Crippen LogP contribution < -0.4 is 5.73 Å². The number of amides is 1. The maximum absolute atomic E-state index is 9.95. The Labute approximate surface area is 53.8 Å². The highest BCUT2D eigenvalue weighted by Gasteiger charge is 1.92. The Morgan fingerprint density at radius 1 is 1.75 bits per heavy atom. The van der Waals surface area contributed by atoms with Gasteiger partial charge in [0.05, 0.1) is 0 Å². The Morgan fingerprint density at radius 2 is 2.38 bits per heavy atom. The van der Waals surface area contributed by atoms with E-state index in [9.17, 15) is 4.79 Å². The van der Waals surface area contributed by atoms with Crippen LogP contribution in [0.1, 0.15) is 19.8 Å². The molecule has 0 aliphatic rings. The Morgan fingerprint density at radius 3 is 2.75 bits per heavy atom. The quantitative estimate of drug-likeness (QED) is 0.550. The first-order chi connectivity index (χ1) is 3.77. The maximum atomic E-state index is 9.95. The van der Waals surface area contributed by atoms with Gasteiger partial charge in [0, 0.05) is 5.75 Å². The van der Waals surface area contributed by atoms with Crippen LogP contribution in [-0.4, -0.2) is 11.0 Å². The van der Waals surface area contributed by atoms with Crippen LogP contribution in [0.2, 0.25) is 0 Å². The van der Waals surface area contributed by atoms with Crippen molar-refractivity contribution in [3.63, 3.8) is 0 Å². The first-order valence-electron chi connectivity index (χ1n) is 2.65. The molecule has 8 heavy (non-hydrogen) atoms. The minimum atomic E-state index is -0.515. The highest BCUT2D eigenvalue weighted by atomic mass is 32.2. The molecule has 0 aromatic carbocycles. The van der Waals surface area contributed by atoms with E-state index in [1.165, 1.54) is 0 Å². The minimum Gasteiger partial charge on any atom is -0.260 e. The molecule has 0 rings (SSSR count). The van der Waals surface area contributed by atoms with Crippen molar-refractivity contribution in [3.05, 3.63) is 0 Å². The van der Waals surface area contributed by atoms with E-state index in [0.717, 1.165) is 30.4 Å². The van der Waals surface area contributed by atoms with Crippen molar-refractivity contribution in [2.75, 3.05) is 5.75 Å². The van der Waals surface area contributed by atoms with Gasteiger partial charge >= 0.3 is 0 Å². The molecular formula is C5H10NOS. The second-order valence-electron chi connectivity index (χ2n) is 1.49. The largest absolute Gasteiger partial charge is 0.297 e. The number of carbonyl (C=O) groups excluding carboxylic acids is 1. The third kappa shape index (κ3) is 5.82. The molecule has 0 saturated carbocycles. The molecule has 0 aliphatic heterocycles. The van der Waals surface area contributed by atoms with E-state index < -0.39 is 5.24 Å². The first-order valence-corrected chi connectivity index (χ1v) is 3.64. The Hall–Kier alpha value is -0.180. The van der Waals surface area contributed by atoms with Gasteiger partial charge in [0.15, 0.2) is 0 Å². The van der Waals surface area contributed by atoms with E-state index >= 15 is 0 Å². The number of thioether (sulfide) groups is 1. The van der Waals surface area contributed by atoms with E-state index in [4.69, 9.17) is 5.73 Å². The SMILES string of the molecule is CCCCSC([NH])=O. The molecule has 0 atom stereocenters. The molecule has 1 radical (unpaired) electrons. The third-order valence-corrected chi connectivity index (χ3v) is 1.49. The lowest BCUT2D eigenvalue weighted by atomic mass is 10.4. The zero-order chi connectivity index (χ0) is 6.41. The zero-order valence-electron chi connectivity index (χ0n) is 4.94. The van der Waals surface area contributed by atoms with Crippen LogP contribution in [0.25, 0.3) is 0 Å². The van der Waals surface area contributed by atoms with Gasteiger partial charge in [-0.05, 0) is 6.42 Å². The molecule has 1 N–H and O–H groups in total. The van der Waals surface area contributed by atoms with Crippen molar-refractivity contribution >= 4 is 17.0 Å². The maximum Gasteiger partial charge on any atom is 0.297 e. The minimum absolute atomic E-state index is 0.515. The Kier molecular flexibility index (Phi) is 4.85. The summed E-state index contributed by atoms with van der Waals surface area (Å²) in [5.74, 6) is 0.804. The van der Waals surface area contributed by atoms with Crippen LogP contribution in [0.5, 0.6) is 0 Å². The first kappa shape index (κ1) is 7.82. The molecule has 3 heteroatoms. The zero-order valence-corrected chi connectivity index (χ0v) is 5.75. The van der Waals surface area contributed by atoms with Crippen LogP contribution in [-0.2, 0) is 0 Å². The molecule has 0 spiro atoms. The van der Waals surface area contributed by atoms with Crippen LogP contribution in [0.4, 0.5) is 4.79 Å². The standard InChI is InChI=1S/C5H10NOS/c1-2-3-4-8-5(6)7/h6H,2-4H2,1H3. The summed E-state index contributed by atoms with van der Waals surface area (Å²) in [6.45, 7) is 2.06. The van der Waals surface area contributed by atoms with E-state index in [1.54, 1.807) is 0 Å². The molecule has 0 heterocycles. The topological polar surface area (TPSA) is 40.9 Å². The average molecular weight is 132 g/mol. The molecule has 47 valence electrons. The predicted molar refractivity (Wildman–Crippen MR) is 35.9 cm³/mol. The van der Waals surface area contributed by atoms with Crippen molar-refractivity contribution in [1.82, 2.24) is 5.73 Å². The fourth-order valence-corrected chi connectivity index (χ4v) is 0.928. The van der Waals surface area contributed by atoms with Crippen LogP contribution in [0.15, 0.2) is 0 Å². The molecule has 0 aliphatic carbocycles. The molecule has 1 amide bonds. The molecule has 0 fully saturated rings. The van der Waals surface area contributed by atoms with Crippen LogP contribution >= 0.6 is 11.8 Å². The lowest BCUT2D eigenvalue weighted by Gasteiger charge is -1.89. The van der Waals surface area contributed by atoms with Crippen LogP contribution in [0, 0.1) is 0 Å². The number of hydrogen-bond acceptors (Lipinski definition) is 2. The highest BCUT2D eigenvalue weighted by Crippen LogP contribution is 2.03. The summed E-state index contributed by atoms with van der Waals surface area (Å²) in [4.78, 5) is 9.95. The molecule has 0 saturated heterocycles. The van der Waals surface area contributed by atoms with Gasteiger partial charge in [-0.2, -0.15) is 0 Å². The second-order valence-corrected chi connectivity index (χ2v) is 2.56. The third-order valence-electron chi connectivity index (χ3n) is 0.731. The Bertz CT molecular complexity index is 74.8. The van der Waals surface area contributed by atoms with E-state index in [-0.39, 0.29) is 0 Å². The number of rotatable bonds is 3. The molecule has 0 aromatic heterocycles. The van der Waals surface area contributed by atoms with Crippen molar-refractivity contribution in [2.45, 2.75) is 19.8 Å². The lowest BCUT2D eigenvalue weighted by molar-refractivity contribution is 0.266. The van der Waals surface area contributed by atoms with Crippen molar-refractivity contribution in [1.29, 1.82) is 0 Å². The number of carbonyl (C=O) groups is 1. The molecule has 0 bridgehead atoms. The molecule has 2 nitrogen and oxygen atoms in total. The van der Waals surface area contributed by atoms with Gasteiger partial charge in [-0.1, -0.05) is 25.1 Å². The summed E-state index contributed by atoms with van der Waals surface area (Å²) < 4.78 is 0. The van der Waals surface area contributed by atoms with E-state index in [2.05, 4.69) is 6.92 Å². The molecule has 0 unspecified atom stereocenters. The van der Waals surface area contributed by atoms with Gasteiger partial charge in [-0.3, -0.25) is 10.5 Å². The smallest absolute Gasteiger partial charge is 0.260 e. The van der Waals surface area contributed by atoms with Gasteiger partial charge in [0.25, 0.3) is 5.24 Å². The van der Waals surface area contributed by atoms with E-state index in [0.29, 0.717) is 0 Å². The average Bonchev–Trinajstić information content (AvgIpc) is 1.66. The van der Waals surface area contributed by atoms with Gasteiger partial charge in [0.1, 0.15) is 0 Å². The normalized spacial score (nSPS) is 9.12.